The van der Waals surface area contributed by atoms with Crippen LogP contribution in [0.3, 0.4) is 0 Å². The minimum atomic E-state index is -0.648. The maximum Gasteiger partial charge on any atom is 0.263 e. The fraction of sp³-hybridized carbons (Fsp3) is 0.375. The number of nitrogens with one attached hydrogen (secondary N) is 1. The number of halogens is 1. The van der Waals surface area contributed by atoms with Gasteiger partial charge in [0.15, 0.2) is 0 Å². The molecule has 1 unspecified atom stereocenters. The Morgan fingerprint density at radius 1 is 1.00 bits per heavy atom. The molecule has 2 aliphatic rings. The first kappa shape index (κ1) is 26.7. The van der Waals surface area contributed by atoms with Crippen LogP contribution in [-0.4, -0.2) is 36.0 Å². The number of hydrogen-bond donors (Lipinski definition) is 1. The molecule has 204 valence electrons. The highest BCUT2D eigenvalue weighted by atomic mass is 19.1. The highest BCUT2D eigenvalue weighted by Crippen LogP contribution is 2.32. The molecule has 6 nitrogen and oxygen atoms in total. The van der Waals surface area contributed by atoms with E-state index < -0.39 is 6.04 Å². The smallest absolute Gasteiger partial charge is 0.263 e. The van der Waals surface area contributed by atoms with Gasteiger partial charge in [-0.3, -0.25) is 19.6 Å². The molecule has 1 atom stereocenters. The summed E-state index contributed by atoms with van der Waals surface area (Å²) in [6.45, 7) is 2.99. The number of anilines is 1. The van der Waals surface area contributed by atoms with Crippen molar-refractivity contribution in [1.29, 1.82) is 0 Å². The Morgan fingerprint density at radius 3 is 2.44 bits per heavy atom. The van der Waals surface area contributed by atoms with E-state index in [0.29, 0.717) is 43.2 Å². The number of fused-ring (bicyclic) bond motifs is 1. The first-order valence-electron chi connectivity index (χ1n) is 14.0. The monoisotopic (exact) mass is 529 g/mol. The molecule has 0 radical (unpaired) electrons. The number of rotatable bonds is 9. The van der Waals surface area contributed by atoms with Crippen molar-refractivity contribution >= 4 is 17.5 Å². The van der Waals surface area contributed by atoms with Gasteiger partial charge >= 0.3 is 0 Å². The van der Waals surface area contributed by atoms with Crippen LogP contribution in [0.4, 0.5) is 10.1 Å². The number of benzene rings is 3. The van der Waals surface area contributed by atoms with Crippen LogP contribution in [0.5, 0.6) is 11.5 Å². The molecule has 0 bridgehead atoms. The predicted molar refractivity (Wildman–Crippen MR) is 150 cm³/mol. The van der Waals surface area contributed by atoms with Crippen molar-refractivity contribution in [2.24, 2.45) is 5.92 Å². The number of amides is 2. The standard InChI is InChI=1S/C32H36FN3O3/c1-2-35(36-20-19-25-22-26(33)15-18-30(25)36)32(38)29(21-23-9-5-3-6-10-23)34-31(37)24-13-16-28(17-14-24)39-27-11-7-4-8-12-27/h4,7-8,11-18,22-23,29H,2-3,5-6,9-10,19-21H2,1H3,(H,34,37). The fourth-order valence-electron chi connectivity index (χ4n) is 5.75. The van der Waals surface area contributed by atoms with Gasteiger partial charge in [0.1, 0.15) is 23.4 Å². The number of likely N-dealkylation sites (N-methyl/N-ethyl adjacent to an activating group) is 1. The number of ether oxygens (including phenoxy) is 1. The van der Waals surface area contributed by atoms with Gasteiger partial charge in [0.25, 0.3) is 11.8 Å². The van der Waals surface area contributed by atoms with E-state index in [4.69, 9.17) is 4.74 Å². The molecule has 3 aromatic carbocycles. The van der Waals surface area contributed by atoms with Crippen LogP contribution >= 0.6 is 0 Å². The predicted octanol–water partition coefficient (Wildman–Crippen LogP) is 6.51. The second-order valence-corrected chi connectivity index (χ2v) is 10.4. The van der Waals surface area contributed by atoms with Crippen LogP contribution in [0.2, 0.25) is 0 Å². The molecule has 0 aromatic heterocycles. The number of nitrogens with zero attached hydrogens (tertiary/aromatic N) is 2. The van der Waals surface area contributed by atoms with Crippen molar-refractivity contribution in [3.63, 3.8) is 0 Å². The number of carbonyl (C=O) groups excluding carboxylic acids is 2. The highest BCUT2D eigenvalue weighted by Gasteiger charge is 2.34. The summed E-state index contributed by atoms with van der Waals surface area (Å²) < 4.78 is 19.7. The molecule has 7 heteroatoms. The van der Waals surface area contributed by atoms with Crippen LogP contribution in [0.25, 0.3) is 0 Å². The van der Waals surface area contributed by atoms with Crippen LogP contribution in [-0.2, 0) is 11.2 Å². The lowest BCUT2D eigenvalue weighted by atomic mass is 9.84. The van der Waals surface area contributed by atoms with Gasteiger partial charge in [-0.15, -0.1) is 0 Å². The van der Waals surface area contributed by atoms with E-state index in [-0.39, 0.29) is 17.6 Å². The quantitative estimate of drug-likeness (QED) is 0.343. The Kier molecular flexibility index (Phi) is 8.45. The molecule has 1 aliphatic heterocycles. The molecule has 1 aliphatic carbocycles. The minimum Gasteiger partial charge on any atom is -0.457 e. The van der Waals surface area contributed by atoms with Crippen LogP contribution in [0, 0.1) is 11.7 Å². The van der Waals surface area contributed by atoms with Crippen molar-refractivity contribution in [2.45, 2.75) is 57.9 Å². The summed E-state index contributed by atoms with van der Waals surface area (Å²) in [6, 6.07) is 20.5. The Labute approximate surface area is 229 Å². The first-order valence-corrected chi connectivity index (χ1v) is 14.0. The van der Waals surface area contributed by atoms with Crippen LogP contribution in [0.1, 0.15) is 61.4 Å². The molecule has 1 N–H and O–H groups in total. The zero-order valence-corrected chi connectivity index (χ0v) is 22.4. The van der Waals surface area contributed by atoms with E-state index in [9.17, 15) is 14.0 Å². The van der Waals surface area contributed by atoms with Crippen molar-refractivity contribution in [3.05, 3.63) is 89.7 Å². The first-order chi connectivity index (χ1) is 19.0. The summed E-state index contributed by atoms with van der Waals surface area (Å²) in [6.07, 6.45) is 6.97. The average Bonchev–Trinajstić information content (AvgIpc) is 3.37. The topological polar surface area (TPSA) is 61.9 Å². The Bertz CT molecular complexity index is 1280. The fourth-order valence-corrected chi connectivity index (χ4v) is 5.75. The zero-order chi connectivity index (χ0) is 27.2. The van der Waals surface area contributed by atoms with Gasteiger partial charge in [0.2, 0.25) is 0 Å². The SMILES string of the molecule is CCN(C(=O)C(CC1CCCCC1)NC(=O)c1ccc(Oc2ccccc2)cc1)N1CCc2cc(F)ccc21. The van der Waals surface area contributed by atoms with Crippen LogP contribution < -0.4 is 15.1 Å². The molecule has 5 rings (SSSR count). The van der Waals surface area contributed by atoms with Gasteiger partial charge in [-0.05, 0) is 85.8 Å². The second-order valence-electron chi connectivity index (χ2n) is 10.4. The van der Waals surface area contributed by atoms with E-state index in [1.54, 1.807) is 41.4 Å². The molecule has 1 saturated carbocycles. The van der Waals surface area contributed by atoms with Crippen molar-refractivity contribution in [2.75, 3.05) is 18.1 Å². The Morgan fingerprint density at radius 2 is 1.72 bits per heavy atom. The van der Waals surface area contributed by atoms with E-state index in [1.165, 1.54) is 12.5 Å². The van der Waals surface area contributed by atoms with E-state index in [0.717, 1.165) is 42.7 Å². The summed E-state index contributed by atoms with van der Waals surface area (Å²) >= 11 is 0. The summed E-state index contributed by atoms with van der Waals surface area (Å²) in [5, 5.41) is 6.72. The Hall–Kier alpha value is -3.87. The molecular formula is C32H36FN3O3. The summed E-state index contributed by atoms with van der Waals surface area (Å²) in [4.78, 5) is 27.4. The molecule has 39 heavy (non-hydrogen) atoms. The third kappa shape index (κ3) is 6.41. The van der Waals surface area contributed by atoms with Gasteiger partial charge in [0.05, 0.1) is 5.69 Å². The molecule has 0 spiro atoms. The largest absolute Gasteiger partial charge is 0.457 e. The van der Waals surface area contributed by atoms with Gasteiger partial charge in [-0.2, -0.15) is 0 Å². The minimum absolute atomic E-state index is 0.127. The van der Waals surface area contributed by atoms with Gasteiger partial charge < -0.3 is 10.1 Å². The summed E-state index contributed by atoms with van der Waals surface area (Å²) in [5.41, 5.74) is 2.22. The third-order valence-electron chi connectivity index (χ3n) is 7.75. The van der Waals surface area contributed by atoms with Crippen molar-refractivity contribution in [3.8, 4) is 11.5 Å². The van der Waals surface area contributed by atoms with E-state index >= 15 is 0 Å². The lowest BCUT2D eigenvalue weighted by molar-refractivity contribution is -0.134. The molecular weight excluding hydrogens is 493 g/mol. The maximum atomic E-state index is 14.0. The second kappa shape index (κ2) is 12.3. The normalized spacial score (nSPS) is 15.9. The number of para-hydroxylation sites is 1. The maximum absolute atomic E-state index is 14.0. The number of carbonyl (C=O) groups is 2. The zero-order valence-electron chi connectivity index (χ0n) is 22.4. The average molecular weight is 530 g/mol. The molecule has 3 aromatic rings. The molecule has 0 saturated heterocycles. The van der Waals surface area contributed by atoms with Gasteiger partial charge in [0, 0.05) is 18.7 Å². The summed E-state index contributed by atoms with van der Waals surface area (Å²) in [7, 11) is 0. The summed E-state index contributed by atoms with van der Waals surface area (Å²) in [5.74, 6) is 1.07. The van der Waals surface area contributed by atoms with Gasteiger partial charge in [-0.25, -0.2) is 4.39 Å². The molecule has 2 amide bonds. The van der Waals surface area contributed by atoms with Crippen LogP contribution in [0.15, 0.2) is 72.8 Å². The van der Waals surface area contributed by atoms with Crippen molar-refractivity contribution in [1.82, 2.24) is 10.3 Å². The van der Waals surface area contributed by atoms with E-state index in [1.807, 2.05) is 42.3 Å². The van der Waals surface area contributed by atoms with E-state index in [2.05, 4.69) is 5.32 Å². The highest BCUT2D eigenvalue weighted by molar-refractivity contribution is 5.98. The number of hydrogen-bond acceptors (Lipinski definition) is 4. The molecule has 1 heterocycles. The number of hydrazine groups is 1. The lowest BCUT2D eigenvalue weighted by Gasteiger charge is -2.37. The lowest BCUT2D eigenvalue weighted by Crippen LogP contribution is -2.55. The molecule has 1 fully saturated rings. The van der Waals surface area contributed by atoms with Crippen molar-refractivity contribution < 1.29 is 18.7 Å². The Balaban J connectivity index is 1.32. The van der Waals surface area contributed by atoms with Gasteiger partial charge in [-0.1, -0.05) is 50.3 Å². The third-order valence-corrected chi connectivity index (χ3v) is 7.75.